The normalized spacial score (nSPS) is 44.5. The number of ether oxygens (including phenoxy) is 2. The molecule has 0 radical (unpaired) electrons. The summed E-state index contributed by atoms with van der Waals surface area (Å²) in [6.07, 6.45) is 9.38. The lowest BCUT2D eigenvalue weighted by Crippen LogP contribution is -2.40. The number of fused-ring (bicyclic) bond motifs is 2. The number of hydrogen-bond acceptors (Lipinski definition) is 2. The molecule has 2 aliphatic heterocycles. The van der Waals surface area contributed by atoms with Crippen LogP contribution in [0.5, 0.6) is 0 Å². The molecule has 1 saturated carbocycles. The molecular weight excluding hydrogens is 390 g/mol. The van der Waals surface area contributed by atoms with Gasteiger partial charge < -0.3 is 9.47 Å². The molecule has 32 heavy (non-hydrogen) atoms. The minimum absolute atomic E-state index is 0.0224. The summed E-state index contributed by atoms with van der Waals surface area (Å²) < 4.78 is 13.7. The Hall–Kier alpha value is -0.210. The molecule has 0 spiro atoms. The van der Waals surface area contributed by atoms with Crippen LogP contribution in [0.2, 0.25) is 6.32 Å². The van der Waals surface area contributed by atoms with E-state index in [0.717, 1.165) is 24.2 Å². The van der Waals surface area contributed by atoms with Gasteiger partial charge >= 0.3 is 0 Å². The lowest BCUT2D eigenvalue weighted by molar-refractivity contribution is -0.0779. The van der Waals surface area contributed by atoms with Crippen LogP contribution in [-0.4, -0.2) is 38.3 Å². The lowest BCUT2D eigenvalue weighted by Gasteiger charge is -2.38. The van der Waals surface area contributed by atoms with Gasteiger partial charge in [0.05, 0.1) is 11.2 Å². The predicted molar refractivity (Wildman–Crippen MR) is 142 cm³/mol. The first-order valence-corrected chi connectivity index (χ1v) is 14.0. The van der Waals surface area contributed by atoms with E-state index in [1.807, 2.05) is 0 Å². The van der Waals surface area contributed by atoms with E-state index >= 15 is 0 Å². The van der Waals surface area contributed by atoms with Crippen LogP contribution in [0.15, 0.2) is 12.7 Å². The molecule has 182 valence electrons. The topological polar surface area (TPSA) is 18.5 Å². The van der Waals surface area contributed by atoms with Crippen molar-refractivity contribution in [3.05, 3.63) is 12.7 Å². The average Bonchev–Trinajstić information content (AvgIpc) is 3.27. The van der Waals surface area contributed by atoms with Crippen molar-refractivity contribution in [2.24, 2.45) is 47.3 Å². The van der Waals surface area contributed by atoms with E-state index in [-0.39, 0.29) is 11.2 Å². The van der Waals surface area contributed by atoms with Crippen LogP contribution in [0.25, 0.3) is 0 Å². The van der Waals surface area contributed by atoms with E-state index < -0.39 is 0 Å². The largest absolute Gasteiger partial charge is 0.380 e. The summed E-state index contributed by atoms with van der Waals surface area (Å²) >= 11 is 0. The molecule has 3 aliphatic rings. The Bertz CT molecular complexity index is 637. The average molecular weight is 442 g/mol. The Morgan fingerprint density at radius 1 is 1.12 bits per heavy atom. The fourth-order valence-corrected chi connectivity index (χ4v) is 8.93. The van der Waals surface area contributed by atoms with Crippen LogP contribution in [-0.2, 0) is 9.47 Å². The fraction of sp³-hybridized carbons (Fsp3) is 0.929. The van der Waals surface area contributed by atoms with Gasteiger partial charge in [-0.3, -0.25) is 0 Å². The molecule has 0 aromatic heterocycles. The van der Waals surface area contributed by atoms with Gasteiger partial charge in [-0.25, -0.2) is 0 Å². The van der Waals surface area contributed by atoms with Crippen molar-refractivity contribution >= 4 is 15.1 Å². The van der Waals surface area contributed by atoms with Gasteiger partial charge in [0.1, 0.15) is 7.85 Å². The van der Waals surface area contributed by atoms with Crippen LogP contribution >= 0.6 is 0 Å². The molecule has 2 saturated heterocycles. The molecule has 4 heteroatoms. The Labute approximate surface area is 201 Å². The molecule has 0 aromatic rings. The summed E-state index contributed by atoms with van der Waals surface area (Å²) in [5, 5.41) is 0. The van der Waals surface area contributed by atoms with Crippen LogP contribution in [0.3, 0.4) is 0 Å². The first-order chi connectivity index (χ1) is 15.0. The second-order valence-corrected chi connectivity index (χ2v) is 12.8. The molecule has 2 heterocycles. The lowest BCUT2D eigenvalue weighted by atomic mass is 9.57. The zero-order valence-electron chi connectivity index (χ0n) is 22.8. The molecule has 10 atom stereocenters. The van der Waals surface area contributed by atoms with E-state index in [9.17, 15) is 0 Å². The third kappa shape index (κ3) is 4.66. The predicted octanol–water partition coefficient (Wildman–Crippen LogP) is 5.90. The summed E-state index contributed by atoms with van der Waals surface area (Å²) in [7, 11) is 3.47. The van der Waals surface area contributed by atoms with Crippen molar-refractivity contribution in [3.63, 3.8) is 0 Å². The van der Waals surface area contributed by atoms with E-state index in [4.69, 9.17) is 9.47 Å². The van der Waals surface area contributed by atoms with Crippen LogP contribution in [0, 0.1) is 47.3 Å². The Balaban J connectivity index is 1.67. The molecule has 0 aromatic carbocycles. The summed E-state index contributed by atoms with van der Waals surface area (Å²) in [6.45, 7) is 23.4. The molecule has 3 rings (SSSR count). The molecule has 2 bridgehead atoms. The number of hydrogen-bond donors (Lipinski definition) is 0. The van der Waals surface area contributed by atoms with Gasteiger partial charge in [-0.1, -0.05) is 67.8 Å². The van der Waals surface area contributed by atoms with Gasteiger partial charge in [0.2, 0.25) is 0 Å². The van der Waals surface area contributed by atoms with E-state index in [1.54, 1.807) is 0 Å². The molecule has 5 unspecified atom stereocenters. The minimum Gasteiger partial charge on any atom is -0.380 e. The maximum Gasteiger partial charge on any atom is 0.158 e. The Kier molecular flexibility index (Phi) is 8.40. The van der Waals surface area contributed by atoms with Gasteiger partial charge in [0.15, 0.2) is 7.28 Å². The highest BCUT2D eigenvalue weighted by molar-refractivity contribution is 6.37. The van der Waals surface area contributed by atoms with E-state index in [1.165, 1.54) is 39.3 Å². The summed E-state index contributed by atoms with van der Waals surface area (Å²) in [6, 6.07) is 0.748. The van der Waals surface area contributed by atoms with Crippen molar-refractivity contribution in [2.75, 3.05) is 0 Å². The fourth-order valence-electron chi connectivity index (χ4n) is 8.93. The highest BCUT2D eigenvalue weighted by atomic mass is 16.5. The standard InChI is InChI=1S/C28H52B2O2/c1-10-21-22(11-2)27(12-3,31-25(21)29)14-19(8)16-30-26-23-20(9)15-28(32-26,13-17(4)5)24(23)18(6)7/h10,17-26,30H,1,11-16,29H2,2-9H3/t19?,20-,21?,22-,23?,24-,25+,26+,27?,28?/m0/s1. The van der Waals surface area contributed by atoms with Gasteiger partial charge in [-0.05, 0) is 73.5 Å². The molecule has 0 N–H and O–H groups in total. The van der Waals surface area contributed by atoms with Crippen LogP contribution in [0.4, 0.5) is 0 Å². The highest BCUT2D eigenvalue weighted by Gasteiger charge is 2.62. The summed E-state index contributed by atoms with van der Waals surface area (Å²) in [5.74, 6) is 5.45. The molecule has 1 aliphatic carbocycles. The monoisotopic (exact) mass is 442 g/mol. The van der Waals surface area contributed by atoms with Crippen molar-refractivity contribution in [3.8, 4) is 0 Å². The first-order valence-electron chi connectivity index (χ1n) is 14.0. The Morgan fingerprint density at radius 3 is 2.34 bits per heavy atom. The maximum atomic E-state index is 7.02. The van der Waals surface area contributed by atoms with Crippen molar-refractivity contribution in [1.82, 2.24) is 0 Å². The van der Waals surface area contributed by atoms with Gasteiger partial charge in [0, 0.05) is 17.9 Å². The smallest absolute Gasteiger partial charge is 0.158 e. The highest BCUT2D eigenvalue weighted by Crippen LogP contribution is 2.60. The maximum absolute atomic E-state index is 7.02. The first kappa shape index (κ1) is 26.4. The third-order valence-corrected chi connectivity index (χ3v) is 9.69. The summed E-state index contributed by atoms with van der Waals surface area (Å²) in [5.41, 5.74) is 0.161. The number of rotatable bonds is 11. The van der Waals surface area contributed by atoms with Crippen molar-refractivity contribution in [2.45, 2.75) is 117 Å². The molecule has 2 nitrogen and oxygen atoms in total. The van der Waals surface area contributed by atoms with Gasteiger partial charge in [-0.15, -0.1) is 6.58 Å². The SMILES string of the molecule is B[C@@H]1OC(CC)(CC(C)CB[C@@H]2OC3(CC(C)C)C[C@H](C)C2[C@@H]3C(C)C)[C@@H](CC)C1C=C. The second kappa shape index (κ2) is 10.2. The minimum atomic E-state index is 0.0224. The van der Waals surface area contributed by atoms with Crippen LogP contribution < -0.4 is 0 Å². The van der Waals surface area contributed by atoms with Crippen LogP contribution in [0.1, 0.15) is 87.5 Å². The van der Waals surface area contributed by atoms with Gasteiger partial charge in [-0.2, -0.15) is 0 Å². The quantitative estimate of drug-likeness (QED) is 0.293. The van der Waals surface area contributed by atoms with Crippen molar-refractivity contribution in [1.29, 1.82) is 0 Å². The Morgan fingerprint density at radius 2 is 1.81 bits per heavy atom. The molecule has 0 amide bonds. The van der Waals surface area contributed by atoms with Gasteiger partial charge in [0.25, 0.3) is 0 Å². The summed E-state index contributed by atoms with van der Waals surface area (Å²) in [4.78, 5) is 0. The molecular formula is C28H52B2O2. The zero-order chi connectivity index (χ0) is 23.8. The van der Waals surface area contributed by atoms with Crippen molar-refractivity contribution < 1.29 is 9.47 Å². The molecule has 3 fully saturated rings. The van der Waals surface area contributed by atoms with E-state index in [0.29, 0.717) is 41.6 Å². The van der Waals surface area contributed by atoms with E-state index in [2.05, 4.69) is 75.9 Å². The zero-order valence-corrected chi connectivity index (χ0v) is 22.8. The second-order valence-electron chi connectivity index (χ2n) is 12.8. The third-order valence-electron chi connectivity index (χ3n) is 9.69.